The molecular weight excluding hydrogens is 327 g/mol. The van der Waals surface area contributed by atoms with Crippen molar-refractivity contribution in [2.24, 2.45) is 0 Å². The van der Waals surface area contributed by atoms with Crippen molar-refractivity contribution >= 4 is 11.9 Å². The van der Waals surface area contributed by atoms with Crippen LogP contribution in [0.3, 0.4) is 0 Å². The zero-order valence-electron chi connectivity index (χ0n) is 12.5. The highest BCUT2D eigenvalue weighted by molar-refractivity contribution is 6.03. The number of carbonyl (C=O) groups is 1. The van der Waals surface area contributed by atoms with Crippen LogP contribution in [0.5, 0.6) is 5.75 Å². The number of ether oxygens (including phenoxy) is 1. The van der Waals surface area contributed by atoms with Crippen LogP contribution in [-0.2, 0) is 0 Å². The maximum atomic E-state index is 12.1. The van der Waals surface area contributed by atoms with Gasteiger partial charge in [-0.2, -0.15) is 0 Å². The van der Waals surface area contributed by atoms with Crippen LogP contribution in [0.1, 0.15) is 47.8 Å². The zero-order valence-corrected chi connectivity index (χ0v) is 12.5. The lowest BCUT2D eigenvalue weighted by molar-refractivity contribution is -0.274. The molecule has 0 aliphatic heterocycles. The van der Waals surface area contributed by atoms with E-state index in [1.165, 1.54) is 12.1 Å². The minimum absolute atomic E-state index is 0.0301. The van der Waals surface area contributed by atoms with E-state index in [-0.39, 0.29) is 17.5 Å². The van der Waals surface area contributed by atoms with E-state index in [1.807, 2.05) is 0 Å². The summed E-state index contributed by atoms with van der Waals surface area (Å²) in [6, 6.07) is 4.51. The first-order chi connectivity index (χ1) is 11.4. The number of benzene rings is 1. The fourth-order valence-electron chi connectivity index (χ4n) is 2.60. The molecule has 0 radical (unpaired) electrons. The normalized spacial score (nSPS) is 15.5. The molecule has 128 valence electrons. The quantitative estimate of drug-likeness (QED) is 0.913. The van der Waals surface area contributed by atoms with E-state index in [4.69, 9.17) is 4.42 Å². The monoisotopic (exact) mass is 341 g/mol. The van der Waals surface area contributed by atoms with Gasteiger partial charge in [-0.3, -0.25) is 10.1 Å². The molecule has 24 heavy (non-hydrogen) atoms. The van der Waals surface area contributed by atoms with E-state index in [0.717, 1.165) is 37.8 Å². The Labute approximate surface area is 135 Å². The first kappa shape index (κ1) is 16.3. The Morgan fingerprint density at radius 2 is 1.83 bits per heavy atom. The van der Waals surface area contributed by atoms with Gasteiger partial charge in [0.25, 0.3) is 5.91 Å². The summed E-state index contributed by atoms with van der Waals surface area (Å²) < 4.78 is 45.4. The maximum absolute atomic E-state index is 12.1. The molecule has 3 rings (SSSR count). The highest BCUT2D eigenvalue weighted by Gasteiger charge is 2.31. The number of halogens is 3. The molecule has 1 heterocycles. The predicted molar refractivity (Wildman–Crippen MR) is 76.6 cm³/mol. The molecular formula is C15H14F3N3O3. The number of hydrogen-bond donors (Lipinski definition) is 1. The number of nitrogens with zero attached hydrogens (tertiary/aromatic N) is 2. The lowest BCUT2D eigenvalue weighted by atomic mass is 10.1. The van der Waals surface area contributed by atoms with Crippen LogP contribution in [-0.4, -0.2) is 22.5 Å². The molecule has 1 fully saturated rings. The Kier molecular flexibility index (Phi) is 4.41. The minimum Gasteiger partial charge on any atom is -0.408 e. The van der Waals surface area contributed by atoms with Gasteiger partial charge in [0.2, 0.25) is 5.89 Å². The van der Waals surface area contributed by atoms with E-state index < -0.39 is 18.0 Å². The van der Waals surface area contributed by atoms with Gasteiger partial charge in [-0.05, 0) is 37.1 Å². The number of rotatable bonds is 4. The van der Waals surface area contributed by atoms with Crippen LogP contribution in [0.2, 0.25) is 0 Å². The summed E-state index contributed by atoms with van der Waals surface area (Å²) in [5.41, 5.74) is 0.144. The fourth-order valence-corrected chi connectivity index (χ4v) is 2.60. The summed E-state index contributed by atoms with van der Waals surface area (Å²) in [6.07, 6.45) is -0.584. The number of hydrogen-bond acceptors (Lipinski definition) is 5. The molecule has 9 heteroatoms. The molecule has 1 saturated carbocycles. The Balaban J connectivity index is 1.62. The van der Waals surface area contributed by atoms with Crippen molar-refractivity contribution in [3.8, 4) is 5.75 Å². The molecule has 0 bridgehead atoms. The van der Waals surface area contributed by atoms with Gasteiger partial charge in [0.15, 0.2) is 0 Å². The van der Waals surface area contributed by atoms with Crippen molar-refractivity contribution < 1.29 is 27.1 Å². The fraction of sp³-hybridized carbons (Fsp3) is 0.400. The third kappa shape index (κ3) is 4.03. The number of amides is 1. The van der Waals surface area contributed by atoms with Crippen molar-refractivity contribution in [1.29, 1.82) is 0 Å². The molecule has 1 aromatic carbocycles. The Bertz CT molecular complexity index is 707. The zero-order chi connectivity index (χ0) is 17.2. The molecule has 2 aromatic rings. The van der Waals surface area contributed by atoms with Crippen LogP contribution in [0, 0.1) is 0 Å². The van der Waals surface area contributed by atoms with Gasteiger partial charge in [0.1, 0.15) is 5.75 Å². The van der Waals surface area contributed by atoms with Crippen LogP contribution in [0.15, 0.2) is 28.7 Å². The topological polar surface area (TPSA) is 77.3 Å². The van der Waals surface area contributed by atoms with Crippen molar-refractivity contribution in [3.63, 3.8) is 0 Å². The van der Waals surface area contributed by atoms with E-state index in [9.17, 15) is 18.0 Å². The van der Waals surface area contributed by atoms with Gasteiger partial charge in [0.05, 0.1) is 0 Å². The van der Waals surface area contributed by atoms with E-state index in [2.05, 4.69) is 20.3 Å². The summed E-state index contributed by atoms with van der Waals surface area (Å²) in [4.78, 5) is 12.0. The first-order valence-electron chi connectivity index (χ1n) is 7.41. The number of aromatic nitrogens is 2. The third-order valence-electron chi connectivity index (χ3n) is 3.72. The molecule has 1 aliphatic carbocycles. The average Bonchev–Trinajstić information content (AvgIpc) is 3.16. The van der Waals surface area contributed by atoms with E-state index in [1.54, 1.807) is 0 Å². The predicted octanol–water partition coefficient (Wildman–Crippen LogP) is 3.88. The second-order valence-corrected chi connectivity index (χ2v) is 5.45. The van der Waals surface area contributed by atoms with Gasteiger partial charge in [0, 0.05) is 11.5 Å². The third-order valence-corrected chi connectivity index (χ3v) is 3.72. The van der Waals surface area contributed by atoms with Crippen molar-refractivity contribution in [2.45, 2.75) is 38.0 Å². The lowest BCUT2D eigenvalue weighted by Gasteiger charge is -2.08. The number of nitrogens with one attached hydrogen (secondary N) is 1. The second kappa shape index (κ2) is 6.50. The lowest BCUT2D eigenvalue weighted by Crippen LogP contribution is -2.17. The van der Waals surface area contributed by atoms with Gasteiger partial charge in [-0.25, -0.2) is 0 Å². The SMILES string of the molecule is O=C(Nc1nnc(C2CCCC2)o1)c1ccc(OC(F)(F)F)cc1. The molecule has 6 nitrogen and oxygen atoms in total. The highest BCUT2D eigenvalue weighted by atomic mass is 19.4. The Morgan fingerprint density at radius 3 is 2.46 bits per heavy atom. The molecule has 0 spiro atoms. The van der Waals surface area contributed by atoms with Crippen molar-refractivity contribution in [3.05, 3.63) is 35.7 Å². The largest absolute Gasteiger partial charge is 0.573 e. The number of carbonyl (C=O) groups excluding carboxylic acids is 1. The van der Waals surface area contributed by atoms with Crippen molar-refractivity contribution in [2.75, 3.05) is 5.32 Å². The summed E-state index contributed by atoms with van der Waals surface area (Å²) >= 11 is 0. The second-order valence-electron chi connectivity index (χ2n) is 5.45. The van der Waals surface area contributed by atoms with Crippen LogP contribution < -0.4 is 10.1 Å². The van der Waals surface area contributed by atoms with E-state index in [0.29, 0.717) is 5.89 Å². The Morgan fingerprint density at radius 1 is 1.17 bits per heavy atom. The molecule has 1 aromatic heterocycles. The average molecular weight is 341 g/mol. The maximum Gasteiger partial charge on any atom is 0.573 e. The number of anilines is 1. The highest BCUT2D eigenvalue weighted by Crippen LogP contribution is 2.33. The van der Waals surface area contributed by atoms with Gasteiger partial charge >= 0.3 is 12.4 Å². The summed E-state index contributed by atoms with van der Waals surface area (Å²) in [5, 5.41) is 10.1. The molecule has 1 aliphatic rings. The summed E-state index contributed by atoms with van der Waals surface area (Å²) in [6.45, 7) is 0. The molecule has 0 atom stereocenters. The van der Waals surface area contributed by atoms with Crippen molar-refractivity contribution in [1.82, 2.24) is 10.2 Å². The summed E-state index contributed by atoms with van der Waals surface area (Å²) in [7, 11) is 0. The molecule has 1 N–H and O–H groups in total. The standard InChI is InChI=1S/C15H14F3N3O3/c16-15(17,18)24-11-7-5-9(6-8-11)12(22)19-14-21-20-13(23-14)10-3-1-2-4-10/h5-8,10H,1-4H2,(H,19,21,22). The molecule has 1 amide bonds. The van der Waals surface area contributed by atoms with Gasteiger partial charge in [-0.1, -0.05) is 17.9 Å². The van der Waals surface area contributed by atoms with E-state index >= 15 is 0 Å². The minimum atomic E-state index is -4.77. The molecule has 0 saturated heterocycles. The first-order valence-corrected chi connectivity index (χ1v) is 7.41. The Hall–Kier alpha value is -2.58. The molecule has 0 unspecified atom stereocenters. The number of alkyl halides is 3. The van der Waals surface area contributed by atoms with Crippen LogP contribution >= 0.6 is 0 Å². The van der Waals surface area contributed by atoms with Gasteiger partial charge < -0.3 is 9.15 Å². The van der Waals surface area contributed by atoms with Crippen LogP contribution in [0.4, 0.5) is 19.2 Å². The van der Waals surface area contributed by atoms with Gasteiger partial charge in [-0.15, -0.1) is 18.3 Å². The van der Waals surface area contributed by atoms with Crippen LogP contribution in [0.25, 0.3) is 0 Å². The summed E-state index contributed by atoms with van der Waals surface area (Å²) in [5.74, 6) is -0.241. The smallest absolute Gasteiger partial charge is 0.408 e.